The second kappa shape index (κ2) is 10.3. The maximum atomic E-state index is 13.0. The number of ether oxygens (including phenoxy) is 5. The summed E-state index contributed by atoms with van der Waals surface area (Å²) in [7, 11) is 8.00. The SMILES string of the molecule is COc1cc(OC)cc(C(=O)N2CC[NH+](Cc3ccc(OC)c(OC)c3OC)CC2)c1. The van der Waals surface area contributed by atoms with Crippen LogP contribution in [0.25, 0.3) is 0 Å². The number of benzene rings is 2. The highest BCUT2D eigenvalue weighted by Gasteiger charge is 2.27. The van der Waals surface area contributed by atoms with Gasteiger partial charge in [-0.25, -0.2) is 0 Å². The molecule has 1 fully saturated rings. The third-order valence-corrected chi connectivity index (χ3v) is 5.58. The van der Waals surface area contributed by atoms with Crippen LogP contribution >= 0.6 is 0 Å². The Balaban J connectivity index is 1.67. The van der Waals surface area contributed by atoms with Gasteiger partial charge in [0.05, 0.1) is 67.3 Å². The summed E-state index contributed by atoms with van der Waals surface area (Å²) in [6.45, 7) is 3.79. The Morgan fingerprint density at radius 3 is 1.97 bits per heavy atom. The van der Waals surface area contributed by atoms with E-state index in [1.165, 1.54) is 4.90 Å². The summed E-state index contributed by atoms with van der Waals surface area (Å²) in [6, 6.07) is 9.16. The average Bonchev–Trinajstić information content (AvgIpc) is 2.83. The molecule has 1 heterocycles. The lowest BCUT2D eigenvalue weighted by Crippen LogP contribution is -3.13. The van der Waals surface area contributed by atoms with Crippen LogP contribution < -0.4 is 28.6 Å². The van der Waals surface area contributed by atoms with Crippen LogP contribution in [0.2, 0.25) is 0 Å². The molecule has 2 aromatic carbocycles. The summed E-state index contributed by atoms with van der Waals surface area (Å²) in [4.78, 5) is 16.3. The molecule has 1 aliphatic rings. The standard InChI is InChI=1S/C23H30N2O6/c1-27-18-12-17(13-19(14-18)28-2)23(26)25-10-8-24(9-11-25)15-16-6-7-20(29-3)22(31-5)21(16)30-4/h6-7,12-14H,8-11,15H2,1-5H3/p+1. The van der Waals surface area contributed by atoms with E-state index in [4.69, 9.17) is 23.7 Å². The average molecular weight is 432 g/mol. The van der Waals surface area contributed by atoms with Gasteiger partial charge in [0, 0.05) is 11.6 Å². The second-order valence-corrected chi connectivity index (χ2v) is 7.31. The van der Waals surface area contributed by atoms with Crippen molar-refractivity contribution >= 4 is 5.91 Å². The zero-order valence-corrected chi connectivity index (χ0v) is 18.8. The molecule has 0 bridgehead atoms. The summed E-state index contributed by atoms with van der Waals surface area (Å²) in [5, 5.41) is 0. The number of hydrogen-bond donors (Lipinski definition) is 1. The van der Waals surface area contributed by atoms with Crippen molar-refractivity contribution in [1.82, 2.24) is 4.90 Å². The lowest BCUT2D eigenvalue weighted by Gasteiger charge is -2.32. The summed E-state index contributed by atoms with van der Waals surface area (Å²) < 4.78 is 27.0. The van der Waals surface area contributed by atoms with Crippen LogP contribution in [0.4, 0.5) is 0 Å². The molecule has 2 aromatic rings. The third-order valence-electron chi connectivity index (χ3n) is 5.58. The largest absolute Gasteiger partial charge is 0.497 e. The number of piperazine rings is 1. The third kappa shape index (κ3) is 4.96. The van der Waals surface area contributed by atoms with E-state index in [2.05, 4.69) is 0 Å². The van der Waals surface area contributed by atoms with Gasteiger partial charge < -0.3 is 33.5 Å². The Morgan fingerprint density at radius 1 is 0.839 bits per heavy atom. The maximum Gasteiger partial charge on any atom is 0.254 e. The van der Waals surface area contributed by atoms with Crippen molar-refractivity contribution in [3.8, 4) is 28.7 Å². The van der Waals surface area contributed by atoms with Crippen LogP contribution in [0.1, 0.15) is 15.9 Å². The van der Waals surface area contributed by atoms with E-state index >= 15 is 0 Å². The van der Waals surface area contributed by atoms with Gasteiger partial charge >= 0.3 is 0 Å². The van der Waals surface area contributed by atoms with E-state index in [0.717, 1.165) is 25.2 Å². The lowest BCUT2D eigenvalue weighted by atomic mass is 10.1. The highest BCUT2D eigenvalue weighted by atomic mass is 16.5. The molecule has 0 aromatic heterocycles. The summed E-state index contributed by atoms with van der Waals surface area (Å²) >= 11 is 0. The van der Waals surface area contributed by atoms with E-state index in [0.29, 0.717) is 47.4 Å². The zero-order valence-electron chi connectivity index (χ0n) is 18.8. The molecule has 8 nitrogen and oxygen atoms in total. The van der Waals surface area contributed by atoms with Gasteiger partial charge in [-0.2, -0.15) is 0 Å². The highest BCUT2D eigenvalue weighted by Crippen LogP contribution is 2.39. The molecule has 1 aliphatic heterocycles. The molecule has 1 amide bonds. The molecule has 0 spiro atoms. The number of amides is 1. The predicted octanol–water partition coefficient (Wildman–Crippen LogP) is 1.27. The molecule has 8 heteroatoms. The Bertz CT molecular complexity index is 887. The van der Waals surface area contributed by atoms with Gasteiger partial charge in [-0.1, -0.05) is 0 Å². The topological polar surface area (TPSA) is 70.9 Å². The number of carbonyl (C=O) groups excluding carboxylic acids is 1. The molecule has 1 saturated heterocycles. The van der Waals surface area contributed by atoms with Crippen molar-refractivity contribution in [2.45, 2.75) is 6.54 Å². The molecule has 168 valence electrons. The van der Waals surface area contributed by atoms with Gasteiger partial charge in [-0.15, -0.1) is 0 Å². The molecule has 0 saturated carbocycles. The van der Waals surface area contributed by atoms with Crippen molar-refractivity contribution in [3.05, 3.63) is 41.5 Å². The number of nitrogens with zero attached hydrogens (tertiary/aromatic N) is 1. The molecule has 0 unspecified atom stereocenters. The van der Waals surface area contributed by atoms with E-state index in [9.17, 15) is 4.79 Å². The molecule has 0 radical (unpaired) electrons. The summed E-state index contributed by atoms with van der Waals surface area (Å²) in [6.07, 6.45) is 0. The fourth-order valence-corrected chi connectivity index (χ4v) is 3.89. The minimum atomic E-state index is -0.0139. The number of nitrogens with one attached hydrogen (secondary N) is 1. The monoisotopic (exact) mass is 431 g/mol. The Kier molecular flexibility index (Phi) is 7.46. The van der Waals surface area contributed by atoms with Crippen molar-refractivity contribution < 1.29 is 33.4 Å². The first-order valence-electron chi connectivity index (χ1n) is 10.2. The Hall–Kier alpha value is -3.13. The highest BCUT2D eigenvalue weighted by molar-refractivity contribution is 5.95. The van der Waals surface area contributed by atoms with Crippen LogP contribution in [0.3, 0.4) is 0 Å². The summed E-state index contributed by atoms with van der Waals surface area (Å²) in [5.41, 5.74) is 1.62. The number of carbonyl (C=O) groups is 1. The van der Waals surface area contributed by atoms with E-state index < -0.39 is 0 Å². The van der Waals surface area contributed by atoms with E-state index in [-0.39, 0.29) is 5.91 Å². The first-order chi connectivity index (χ1) is 15.0. The minimum absolute atomic E-state index is 0.0139. The molecule has 3 rings (SSSR count). The molecule has 31 heavy (non-hydrogen) atoms. The first-order valence-corrected chi connectivity index (χ1v) is 10.2. The Morgan fingerprint density at radius 2 is 1.45 bits per heavy atom. The van der Waals surface area contributed by atoms with Crippen molar-refractivity contribution in [1.29, 1.82) is 0 Å². The Labute approximate surface area is 183 Å². The molecule has 0 atom stereocenters. The quantitative estimate of drug-likeness (QED) is 0.679. The van der Waals surface area contributed by atoms with Gasteiger partial charge in [0.15, 0.2) is 11.5 Å². The number of quaternary nitrogens is 1. The predicted molar refractivity (Wildman–Crippen MR) is 116 cm³/mol. The molecule has 1 N–H and O–H groups in total. The number of hydrogen-bond acceptors (Lipinski definition) is 6. The number of methoxy groups -OCH3 is 5. The van der Waals surface area contributed by atoms with Crippen LogP contribution in [0.5, 0.6) is 28.7 Å². The van der Waals surface area contributed by atoms with Gasteiger partial charge in [0.25, 0.3) is 5.91 Å². The van der Waals surface area contributed by atoms with Gasteiger partial charge in [0.1, 0.15) is 18.0 Å². The second-order valence-electron chi connectivity index (χ2n) is 7.31. The normalized spacial score (nSPS) is 14.2. The van der Waals surface area contributed by atoms with Gasteiger partial charge in [-0.05, 0) is 24.3 Å². The van der Waals surface area contributed by atoms with Crippen LogP contribution in [0, 0.1) is 0 Å². The van der Waals surface area contributed by atoms with E-state index in [1.807, 2.05) is 17.0 Å². The number of rotatable bonds is 8. The maximum absolute atomic E-state index is 13.0. The fraction of sp³-hybridized carbons (Fsp3) is 0.435. The lowest BCUT2D eigenvalue weighted by molar-refractivity contribution is -0.917. The zero-order chi connectivity index (χ0) is 22.4. The van der Waals surface area contributed by atoms with Crippen LogP contribution in [-0.2, 0) is 6.54 Å². The minimum Gasteiger partial charge on any atom is -0.497 e. The first kappa shape index (κ1) is 22.6. The fourth-order valence-electron chi connectivity index (χ4n) is 3.89. The molecular formula is C23H31N2O6+. The molecular weight excluding hydrogens is 400 g/mol. The van der Waals surface area contributed by atoms with Crippen LogP contribution in [-0.4, -0.2) is 72.5 Å². The van der Waals surface area contributed by atoms with Crippen molar-refractivity contribution in [2.75, 3.05) is 61.7 Å². The van der Waals surface area contributed by atoms with Gasteiger partial charge in [-0.3, -0.25) is 4.79 Å². The smallest absolute Gasteiger partial charge is 0.254 e. The van der Waals surface area contributed by atoms with Gasteiger partial charge in [0.2, 0.25) is 5.75 Å². The van der Waals surface area contributed by atoms with Crippen LogP contribution in [0.15, 0.2) is 30.3 Å². The summed E-state index contributed by atoms with van der Waals surface area (Å²) in [5.74, 6) is 3.13. The van der Waals surface area contributed by atoms with E-state index in [1.54, 1.807) is 53.7 Å². The van der Waals surface area contributed by atoms with Crippen molar-refractivity contribution in [2.24, 2.45) is 0 Å². The molecule has 0 aliphatic carbocycles. The van der Waals surface area contributed by atoms with Crippen molar-refractivity contribution in [3.63, 3.8) is 0 Å².